The standard InChI is InChI=1S/C26H31N5O2S/c1-17(2)19-10-12-21(13-11-19)27-23(32)16-34-26-29-28-24(30(26)4)22-9-6-14-31(22)25(33)20-8-5-7-18(3)15-20/h5,7-8,10-13,15,17,22H,6,9,14,16H2,1-4H3,(H,27,32). The molecule has 1 unspecified atom stereocenters. The lowest BCUT2D eigenvalue weighted by molar-refractivity contribution is -0.113. The van der Waals surface area contributed by atoms with E-state index in [1.165, 1.54) is 17.3 Å². The quantitative estimate of drug-likeness (QED) is 0.487. The molecule has 0 bridgehead atoms. The van der Waals surface area contributed by atoms with E-state index in [2.05, 4.69) is 29.4 Å². The zero-order valence-corrected chi connectivity index (χ0v) is 20.9. The number of nitrogens with zero attached hydrogens (tertiary/aromatic N) is 4. The number of carbonyl (C=O) groups is 2. The van der Waals surface area contributed by atoms with E-state index >= 15 is 0 Å². The Hall–Kier alpha value is -3.13. The Bertz CT molecular complexity index is 1170. The molecule has 3 aromatic rings. The van der Waals surface area contributed by atoms with Gasteiger partial charge in [-0.15, -0.1) is 10.2 Å². The fourth-order valence-corrected chi connectivity index (χ4v) is 4.96. The lowest BCUT2D eigenvalue weighted by Gasteiger charge is -2.24. The smallest absolute Gasteiger partial charge is 0.254 e. The summed E-state index contributed by atoms with van der Waals surface area (Å²) in [5, 5.41) is 12.3. The Labute approximate surface area is 205 Å². The minimum absolute atomic E-state index is 0.0197. The van der Waals surface area contributed by atoms with E-state index in [1.54, 1.807) is 0 Å². The molecule has 0 saturated carbocycles. The van der Waals surface area contributed by atoms with Crippen LogP contribution in [0.15, 0.2) is 53.7 Å². The molecular formula is C26H31N5O2S. The zero-order chi connectivity index (χ0) is 24.2. The summed E-state index contributed by atoms with van der Waals surface area (Å²) in [5.41, 5.74) is 3.78. The Balaban J connectivity index is 1.39. The SMILES string of the molecule is Cc1cccc(C(=O)N2CCCC2c2nnc(SCC(=O)Nc3ccc(C(C)C)cc3)n2C)c1. The number of nitrogens with one attached hydrogen (secondary N) is 1. The van der Waals surface area contributed by atoms with Crippen molar-refractivity contribution in [1.82, 2.24) is 19.7 Å². The van der Waals surface area contributed by atoms with E-state index in [4.69, 9.17) is 0 Å². The summed E-state index contributed by atoms with van der Waals surface area (Å²) in [4.78, 5) is 27.5. The van der Waals surface area contributed by atoms with Gasteiger partial charge >= 0.3 is 0 Å². The second kappa shape index (κ2) is 10.4. The van der Waals surface area contributed by atoms with Crippen LogP contribution in [0.2, 0.25) is 0 Å². The van der Waals surface area contributed by atoms with Gasteiger partial charge in [-0.2, -0.15) is 0 Å². The maximum Gasteiger partial charge on any atom is 0.254 e. The number of thioether (sulfide) groups is 1. The van der Waals surface area contributed by atoms with Gasteiger partial charge in [0.1, 0.15) is 0 Å². The molecule has 178 valence electrons. The minimum atomic E-state index is -0.117. The van der Waals surface area contributed by atoms with Gasteiger partial charge in [-0.25, -0.2) is 0 Å². The maximum atomic E-state index is 13.2. The summed E-state index contributed by atoms with van der Waals surface area (Å²) >= 11 is 1.34. The summed E-state index contributed by atoms with van der Waals surface area (Å²) in [5.74, 6) is 1.36. The maximum absolute atomic E-state index is 13.2. The van der Waals surface area contributed by atoms with Gasteiger partial charge in [0.25, 0.3) is 5.91 Å². The van der Waals surface area contributed by atoms with Crippen LogP contribution >= 0.6 is 11.8 Å². The molecule has 0 spiro atoms. The van der Waals surface area contributed by atoms with Crippen LogP contribution in [0.3, 0.4) is 0 Å². The van der Waals surface area contributed by atoms with E-state index in [0.717, 1.165) is 29.9 Å². The summed E-state index contributed by atoms with van der Waals surface area (Å²) in [6.45, 7) is 6.97. The summed E-state index contributed by atoms with van der Waals surface area (Å²) in [6.07, 6.45) is 1.77. The Morgan fingerprint density at radius 3 is 2.62 bits per heavy atom. The first-order valence-electron chi connectivity index (χ1n) is 11.6. The molecular weight excluding hydrogens is 446 g/mol. The second-order valence-electron chi connectivity index (χ2n) is 9.04. The fourth-order valence-electron chi connectivity index (χ4n) is 4.24. The summed E-state index contributed by atoms with van der Waals surface area (Å²) in [6, 6.07) is 15.5. The molecule has 4 rings (SSSR count). The van der Waals surface area contributed by atoms with Crippen LogP contribution in [-0.2, 0) is 11.8 Å². The van der Waals surface area contributed by atoms with Crippen molar-refractivity contribution in [3.8, 4) is 0 Å². The zero-order valence-electron chi connectivity index (χ0n) is 20.1. The highest BCUT2D eigenvalue weighted by Gasteiger charge is 2.34. The van der Waals surface area contributed by atoms with Gasteiger partial charge < -0.3 is 14.8 Å². The van der Waals surface area contributed by atoms with Crippen LogP contribution in [0.4, 0.5) is 5.69 Å². The number of aryl methyl sites for hydroxylation is 1. The predicted octanol–water partition coefficient (Wildman–Crippen LogP) is 4.96. The van der Waals surface area contributed by atoms with Gasteiger partial charge in [0.15, 0.2) is 11.0 Å². The number of benzene rings is 2. The monoisotopic (exact) mass is 477 g/mol. The van der Waals surface area contributed by atoms with Crippen molar-refractivity contribution in [3.05, 3.63) is 71.0 Å². The number of carbonyl (C=O) groups excluding carboxylic acids is 2. The number of amides is 2. The van der Waals surface area contributed by atoms with E-state index in [1.807, 2.05) is 72.0 Å². The third kappa shape index (κ3) is 5.33. The predicted molar refractivity (Wildman–Crippen MR) is 135 cm³/mol. The number of hydrogen-bond donors (Lipinski definition) is 1. The Morgan fingerprint density at radius 2 is 1.91 bits per heavy atom. The van der Waals surface area contributed by atoms with Gasteiger partial charge in [0.05, 0.1) is 11.8 Å². The highest BCUT2D eigenvalue weighted by atomic mass is 32.2. The minimum Gasteiger partial charge on any atom is -0.328 e. The molecule has 1 aromatic heterocycles. The van der Waals surface area contributed by atoms with E-state index < -0.39 is 0 Å². The van der Waals surface area contributed by atoms with Gasteiger partial charge in [0, 0.05) is 24.8 Å². The van der Waals surface area contributed by atoms with Gasteiger partial charge in [-0.1, -0.05) is 55.4 Å². The molecule has 8 heteroatoms. The Morgan fingerprint density at radius 1 is 1.15 bits per heavy atom. The van der Waals surface area contributed by atoms with Gasteiger partial charge in [0.2, 0.25) is 5.91 Å². The number of anilines is 1. The van der Waals surface area contributed by atoms with Crippen molar-refractivity contribution < 1.29 is 9.59 Å². The fraction of sp³-hybridized carbons (Fsp3) is 0.385. The van der Waals surface area contributed by atoms with Gasteiger partial charge in [-0.3, -0.25) is 9.59 Å². The third-order valence-electron chi connectivity index (χ3n) is 6.14. The number of aromatic nitrogens is 3. The molecule has 2 aromatic carbocycles. The molecule has 1 aliphatic rings. The van der Waals surface area contributed by atoms with Crippen LogP contribution in [0.1, 0.15) is 66.0 Å². The number of likely N-dealkylation sites (tertiary alicyclic amines) is 1. The molecule has 1 aliphatic heterocycles. The molecule has 7 nitrogen and oxygen atoms in total. The normalized spacial score (nSPS) is 15.7. The molecule has 0 radical (unpaired) electrons. The Kier molecular flexibility index (Phi) is 7.36. The van der Waals surface area contributed by atoms with E-state index in [9.17, 15) is 9.59 Å². The van der Waals surface area contributed by atoms with Crippen molar-refractivity contribution in [2.45, 2.75) is 50.7 Å². The molecule has 2 amide bonds. The first kappa shape index (κ1) is 24.0. The highest BCUT2D eigenvalue weighted by molar-refractivity contribution is 7.99. The van der Waals surface area contributed by atoms with E-state index in [0.29, 0.717) is 23.2 Å². The van der Waals surface area contributed by atoms with E-state index in [-0.39, 0.29) is 23.6 Å². The van der Waals surface area contributed by atoms with Crippen molar-refractivity contribution >= 4 is 29.3 Å². The number of hydrogen-bond acceptors (Lipinski definition) is 5. The largest absolute Gasteiger partial charge is 0.328 e. The number of rotatable bonds is 7. The van der Waals surface area contributed by atoms with Crippen LogP contribution in [-0.4, -0.2) is 43.8 Å². The van der Waals surface area contributed by atoms with Crippen molar-refractivity contribution in [3.63, 3.8) is 0 Å². The molecule has 1 N–H and O–H groups in total. The average Bonchev–Trinajstić information content (AvgIpc) is 3.44. The average molecular weight is 478 g/mol. The molecule has 34 heavy (non-hydrogen) atoms. The van der Waals surface area contributed by atoms with Crippen LogP contribution in [0.5, 0.6) is 0 Å². The lowest BCUT2D eigenvalue weighted by atomic mass is 10.0. The van der Waals surface area contributed by atoms with Crippen molar-refractivity contribution in [2.24, 2.45) is 7.05 Å². The van der Waals surface area contributed by atoms with Crippen molar-refractivity contribution in [2.75, 3.05) is 17.6 Å². The van der Waals surface area contributed by atoms with Gasteiger partial charge in [-0.05, 0) is 55.5 Å². The van der Waals surface area contributed by atoms with Crippen LogP contribution < -0.4 is 5.32 Å². The molecule has 1 saturated heterocycles. The first-order chi connectivity index (χ1) is 16.3. The second-order valence-corrected chi connectivity index (χ2v) is 9.98. The summed E-state index contributed by atoms with van der Waals surface area (Å²) in [7, 11) is 1.90. The molecule has 1 atom stereocenters. The molecule has 1 fully saturated rings. The third-order valence-corrected chi connectivity index (χ3v) is 7.16. The van der Waals surface area contributed by atoms with Crippen LogP contribution in [0.25, 0.3) is 0 Å². The first-order valence-corrected chi connectivity index (χ1v) is 12.6. The summed E-state index contributed by atoms with van der Waals surface area (Å²) < 4.78 is 1.90. The van der Waals surface area contributed by atoms with Crippen LogP contribution in [0, 0.1) is 6.92 Å². The highest BCUT2D eigenvalue weighted by Crippen LogP contribution is 2.33. The van der Waals surface area contributed by atoms with Crippen molar-refractivity contribution in [1.29, 1.82) is 0 Å². The lowest BCUT2D eigenvalue weighted by Crippen LogP contribution is -2.32. The molecule has 2 heterocycles. The topological polar surface area (TPSA) is 80.1 Å². The molecule has 0 aliphatic carbocycles.